The van der Waals surface area contributed by atoms with Gasteiger partial charge in [0.15, 0.2) is 5.78 Å². The van der Waals surface area contributed by atoms with E-state index in [0.29, 0.717) is 12.0 Å². The number of Topliss-reactive ketones (excluding diaryl/α,β-unsaturated/α-hetero) is 1. The Kier molecular flexibility index (Phi) is 3.86. The Balaban J connectivity index is 2.00. The summed E-state index contributed by atoms with van der Waals surface area (Å²) < 4.78 is 5.80. The zero-order valence-electron chi connectivity index (χ0n) is 12.7. The largest absolute Gasteiger partial charge is 0.508 e. The average molecular weight is 314 g/mol. The minimum Gasteiger partial charge on any atom is -0.508 e. The molecule has 0 saturated carbocycles. The fourth-order valence-corrected chi connectivity index (χ4v) is 2.87. The predicted molar refractivity (Wildman–Crippen MR) is 84.2 cm³/mol. The standard InChI is InChI=1S/C18H18O5/c1-2-3-12-13(20)8-16-17(18(12)22)14(21)9-15(23-16)10-4-6-11(19)7-5-10/h4-8,15,19-20,22H,2-3,9H2,1H3. The molecule has 3 N–H and O–H groups in total. The fraction of sp³-hybridized carbons (Fsp3) is 0.278. The van der Waals surface area contributed by atoms with Crippen molar-refractivity contribution < 1.29 is 24.9 Å². The number of hydrogen-bond acceptors (Lipinski definition) is 5. The molecule has 120 valence electrons. The Morgan fingerprint density at radius 2 is 1.87 bits per heavy atom. The number of rotatable bonds is 3. The van der Waals surface area contributed by atoms with Gasteiger partial charge in [0, 0.05) is 11.6 Å². The van der Waals surface area contributed by atoms with E-state index in [9.17, 15) is 20.1 Å². The molecule has 5 heteroatoms. The molecule has 0 radical (unpaired) electrons. The van der Waals surface area contributed by atoms with E-state index in [1.165, 1.54) is 18.2 Å². The van der Waals surface area contributed by atoms with Gasteiger partial charge in [-0.3, -0.25) is 4.79 Å². The number of phenolic OH excluding ortho intramolecular Hbond substituents is 3. The molecule has 1 unspecified atom stereocenters. The number of ether oxygens (including phenoxy) is 1. The van der Waals surface area contributed by atoms with Crippen molar-refractivity contribution in [3.8, 4) is 23.0 Å². The number of carbonyl (C=O) groups is 1. The number of fused-ring (bicyclic) bond motifs is 1. The van der Waals surface area contributed by atoms with Crippen LogP contribution in [-0.2, 0) is 6.42 Å². The van der Waals surface area contributed by atoms with Gasteiger partial charge in [0.2, 0.25) is 0 Å². The third-order valence-electron chi connectivity index (χ3n) is 4.03. The van der Waals surface area contributed by atoms with Gasteiger partial charge < -0.3 is 20.1 Å². The second-order valence-electron chi connectivity index (χ2n) is 5.67. The van der Waals surface area contributed by atoms with Crippen LogP contribution < -0.4 is 4.74 Å². The molecule has 3 rings (SSSR count). The second-order valence-corrected chi connectivity index (χ2v) is 5.67. The maximum atomic E-state index is 12.5. The van der Waals surface area contributed by atoms with E-state index in [4.69, 9.17) is 4.74 Å². The van der Waals surface area contributed by atoms with E-state index in [1.807, 2.05) is 6.92 Å². The number of benzene rings is 2. The first-order valence-electron chi connectivity index (χ1n) is 7.57. The van der Waals surface area contributed by atoms with Gasteiger partial charge >= 0.3 is 0 Å². The van der Waals surface area contributed by atoms with Crippen LogP contribution in [0.15, 0.2) is 30.3 Å². The van der Waals surface area contributed by atoms with E-state index >= 15 is 0 Å². The molecule has 1 aliphatic heterocycles. The Labute approximate surface area is 133 Å². The Bertz CT molecular complexity index is 749. The summed E-state index contributed by atoms with van der Waals surface area (Å²) in [7, 11) is 0. The molecule has 2 aromatic rings. The SMILES string of the molecule is CCCc1c(O)cc2c(c1O)C(=O)CC(c1ccc(O)cc1)O2. The van der Waals surface area contributed by atoms with E-state index in [-0.39, 0.29) is 40.8 Å². The molecule has 0 bridgehead atoms. The summed E-state index contributed by atoms with van der Waals surface area (Å²) in [5.74, 6) is -0.151. The van der Waals surface area contributed by atoms with E-state index < -0.39 is 6.10 Å². The van der Waals surface area contributed by atoms with Crippen LogP contribution in [0.2, 0.25) is 0 Å². The van der Waals surface area contributed by atoms with Gasteiger partial charge in [0.25, 0.3) is 0 Å². The lowest BCUT2D eigenvalue weighted by Crippen LogP contribution is -2.20. The highest BCUT2D eigenvalue weighted by Gasteiger charge is 2.32. The van der Waals surface area contributed by atoms with Gasteiger partial charge in [0.1, 0.15) is 34.7 Å². The van der Waals surface area contributed by atoms with Gasteiger partial charge in [-0.1, -0.05) is 25.5 Å². The Hall–Kier alpha value is -2.69. The summed E-state index contributed by atoms with van der Waals surface area (Å²) in [6.45, 7) is 1.93. The van der Waals surface area contributed by atoms with Gasteiger partial charge in [-0.2, -0.15) is 0 Å². The molecule has 23 heavy (non-hydrogen) atoms. The van der Waals surface area contributed by atoms with Crippen LogP contribution in [-0.4, -0.2) is 21.1 Å². The molecular formula is C18H18O5. The van der Waals surface area contributed by atoms with Crippen molar-refractivity contribution in [1.82, 2.24) is 0 Å². The Morgan fingerprint density at radius 1 is 1.17 bits per heavy atom. The smallest absolute Gasteiger partial charge is 0.174 e. The molecule has 2 aromatic carbocycles. The summed E-state index contributed by atoms with van der Waals surface area (Å²) >= 11 is 0. The van der Waals surface area contributed by atoms with Crippen molar-refractivity contribution in [3.05, 3.63) is 47.0 Å². The van der Waals surface area contributed by atoms with Crippen LogP contribution in [0.25, 0.3) is 0 Å². The third kappa shape index (κ3) is 2.70. The molecule has 0 fully saturated rings. The first kappa shape index (κ1) is 15.2. The average Bonchev–Trinajstić information content (AvgIpc) is 2.51. The molecular weight excluding hydrogens is 296 g/mol. The predicted octanol–water partition coefficient (Wildman–Crippen LogP) is 3.46. The Morgan fingerprint density at radius 3 is 2.52 bits per heavy atom. The first-order chi connectivity index (χ1) is 11.0. The zero-order valence-corrected chi connectivity index (χ0v) is 12.7. The summed E-state index contributed by atoms with van der Waals surface area (Å²) in [5.41, 5.74) is 1.27. The first-order valence-corrected chi connectivity index (χ1v) is 7.57. The number of carbonyl (C=O) groups excluding carboxylic acids is 1. The van der Waals surface area contributed by atoms with E-state index in [0.717, 1.165) is 12.0 Å². The van der Waals surface area contributed by atoms with Crippen molar-refractivity contribution in [3.63, 3.8) is 0 Å². The quantitative estimate of drug-likeness (QED) is 0.807. The van der Waals surface area contributed by atoms with Crippen molar-refractivity contribution in [2.24, 2.45) is 0 Å². The molecule has 0 aliphatic carbocycles. The molecule has 0 aromatic heterocycles. The van der Waals surface area contributed by atoms with Crippen molar-refractivity contribution in [2.45, 2.75) is 32.3 Å². The molecule has 1 atom stereocenters. The summed E-state index contributed by atoms with van der Waals surface area (Å²) in [5, 5.41) is 29.7. The molecule has 5 nitrogen and oxygen atoms in total. The van der Waals surface area contributed by atoms with Gasteiger partial charge in [-0.25, -0.2) is 0 Å². The summed E-state index contributed by atoms with van der Waals surface area (Å²) in [6, 6.07) is 7.81. The van der Waals surface area contributed by atoms with Gasteiger partial charge in [0.05, 0.1) is 6.42 Å². The highest BCUT2D eigenvalue weighted by atomic mass is 16.5. The minimum atomic E-state index is -0.508. The van der Waals surface area contributed by atoms with E-state index in [2.05, 4.69) is 0 Å². The lowest BCUT2D eigenvalue weighted by Gasteiger charge is -2.27. The van der Waals surface area contributed by atoms with Crippen molar-refractivity contribution in [1.29, 1.82) is 0 Å². The van der Waals surface area contributed by atoms with Crippen LogP contribution in [0.4, 0.5) is 0 Å². The lowest BCUT2D eigenvalue weighted by molar-refractivity contribution is 0.0844. The van der Waals surface area contributed by atoms with Crippen molar-refractivity contribution in [2.75, 3.05) is 0 Å². The zero-order chi connectivity index (χ0) is 16.6. The van der Waals surface area contributed by atoms with Gasteiger partial charge in [-0.05, 0) is 24.1 Å². The number of hydrogen-bond donors (Lipinski definition) is 3. The fourth-order valence-electron chi connectivity index (χ4n) is 2.87. The summed E-state index contributed by atoms with van der Waals surface area (Å²) in [4.78, 5) is 12.5. The van der Waals surface area contributed by atoms with Crippen molar-refractivity contribution >= 4 is 5.78 Å². The summed E-state index contributed by atoms with van der Waals surface area (Å²) in [6.07, 6.45) is 0.818. The van der Waals surface area contributed by atoms with Crippen LogP contribution in [0, 0.1) is 0 Å². The normalized spacial score (nSPS) is 16.7. The molecule has 0 saturated heterocycles. The molecule has 0 amide bonds. The monoisotopic (exact) mass is 314 g/mol. The lowest BCUT2D eigenvalue weighted by atomic mass is 9.92. The number of aromatic hydroxyl groups is 3. The number of phenols is 3. The van der Waals surface area contributed by atoms with Crippen LogP contribution in [0.1, 0.15) is 47.4 Å². The third-order valence-corrected chi connectivity index (χ3v) is 4.03. The number of ketones is 1. The molecule has 0 spiro atoms. The highest BCUT2D eigenvalue weighted by Crippen LogP contribution is 2.44. The van der Waals surface area contributed by atoms with Crippen LogP contribution >= 0.6 is 0 Å². The second kappa shape index (κ2) is 5.83. The topological polar surface area (TPSA) is 87.0 Å². The minimum absolute atomic E-state index is 0.0674. The molecule has 1 heterocycles. The highest BCUT2D eigenvalue weighted by molar-refractivity contribution is 6.03. The van der Waals surface area contributed by atoms with Gasteiger partial charge in [-0.15, -0.1) is 0 Å². The van der Waals surface area contributed by atoms with Crippen LogP contribution in [0.5, 0.6) is 23.0 Å². The maximum absolute atomic E-state index is 12.5. The maximum Gasteiger partial charge on any atom is 0.174 e. The molecule has 1 aliphatic rings. The van der Waals surface area contributed by atoms with E-state index in [1.54, 1.807) is 12.1 Å². The van der Waals surface area contributed by atoms with Crippen LogP contribution in [0.3, 0.4) is 0 Å².